The Morgan fingerprint density at radius 2 is 2.08 bits per heavy atom. The first-order chi connectivity index (χ1) is 6.27. The van der Waals surface area contributed by atoms with E-state index in [1.165, 1.54) is 11.6 Å². The van der Waals surface area contributed by atoms with Gasteiger partial charge in [-0.2, -0.15) is 0 Å². The van der Waals surface area contributed by atoms with Gasteiger partial charge in [-0.3, -0.25) is 4.79 Å². The molecule has 68 valence electrons. The van der Waals surface area contributed by atoms with Gasteiger partial charge in [0.25, 0.3) is 0 Å². The maximum atomic E-state index is 11.1. The number of carbonyl (C=O) groups excluding carboxylic acids is 1. The highest BCUT2D eigenvalue weighted by Gasteiger charge is 1.99. The van der Waals surface area contributed by atoms with Crippen molar-refractivity contribution in [2.75, 3.05) is 7.05 Å². The summed E-state index contributed by atoms with van der Waals surface area (Å²) in [6.07, 6.45) is 1.33. The van der Waals surface area contributed by atoms with Crippen molar-refractivity contribution in [3.05, 3.63) is 48.0 Å². The lowest BCUT2D eigenvalue weighted by atomic mass is 10.1. The molecule has 0 aliphatic heterocycles. The van der Waals surface area contributed by atoms with Gasteiger partial charge in [-0.15, -0.1) is 0 Å². The summed E-state index contributed by atoms with van der Waals surface area (Å²) in [6.45, 7) is 4.26. The van der Waals surface area contributed by atoms with E-state index in [-0.39, 0.29) is 5.78 Å². The standard InChI is InChI=1S/C11H13NO/c1-3-11(13)10-6-4-9(5-7-10)8-12-2/h3-7,12H,1,8H2,2H3. The predicted molar refractivity (Wildman–Crippen MR) is 53.7 cm³/mol. The maximum absolute atomic E-state index is 11.1. The minimum Gasteiger partial charge on any atom is -0.316 e. The molecule has 1 aromatic carbocycles. The maximum Gasteiger partial charge on any atom is 0.185 e. The molecule has 1 rings (SSSR count). The molecule has 1 aromatic rings. The molecule has 0 aliphatic carbocycles. The highest BCUT2D eigenvalue weighted by Crippen LogP contribution is 2.05. The summed E-state index contributed by atoms with van der Waals surface area (Å²) in [6, 6.07) is 7.51. The average molecular weight is 175 g/mol. The number of rotatable bonds is 4. The largest absolute Gasteiger partial charge is 0.316 e. The summed E-state index contributed by atoms with van der Waals surface area (Å²) < 4.78 is 0. The monoisotopic (exact) mass is 175 g/mol. The Kier molecular flexibility index (Phi) is 3.41. The molecule has 13 heavy (non-hydrogen) atoms. The Hall–Kier alpha value is -1.41. The molecule has 0 radical (unpaired) electrons. The Labute approximate surface area is 78.3 Å². The van der Waals surface area contributed by atoms with Crippen molar-refractivity contribution < 1.29 is 4.79 Å². The molecule has 0 amide bonds. The first-order valence-corrected chi connectivity index (χ1v) is 4.18. The number of allylic oxidation sites excluding steroid dienone is 1. The van der Waals surface area contributed by atoms with Crippen LogP contribution in [0.4, 0.5) is 0 Å². The van der Waals surface area contributed by atoms with Crippen LogP contribution in [0, 0.1) is 0 Å². The van der Waals surface area contributed by atoms with E-state index in [0.29, 0.717) is 5.56 Å². The van der Waals surface area contributed by atoms with Crippen molar-refractivity contribution in [3.63, 3.8) is 0 Å². The van der Waals surface area contributed by atoms with E-state index in [4.69, 9.17) is 0 Å². The van der Waals surface area contributed by atoms with Crippen molar-refractivity contribution in [2.24, 2.45) is 0 Å². The van der Waals surface area contributed by atoms with Crippen LogP contribution in [0.5, 0.6) is 0 Å². The predicted octanol–water partition coefficient (Wildman–Crippen LogP) is 1.77. The molecule has 0 spiro atoms. The van der Waals surface area contributed by atoms with Gasteiger partial charge in [-0.25, -0.2) is 0 Å². The molecule has 0 fully saturated rings. The molecule has 0 heterocycles. The van der Waals surface area contributed by atoms with Crippen LogP contribution in [0.2, 0.25) is 0 Å². The number of benzene rings is 1. The highest BCUT2D eigenvalue weighted by atomic mass is 16.1. The molecule has 2 nitrogen and oxygen atoms in total. The summed E-state index contributed by atoms with van der Waals surface area (Å²) in [4.78, 5) is 11.1. The van der Waals surface area contributed by atoms with Gasteiger partial charge in [0.15, 0.2) is 5.78 Å². The lowest BCUT2D eigenvalue weighted by molar-refractivity contribution is 0.104. The van der Waals surface area contributed by atoms with Crippen molar-refractivity contribution in [1.29, 1.82) is 0 Å². The van der Waals surface area contributed by atoms with E-state index in [0.717, 1.165) is 6.54 Å². The number of carbonyl (C=O) groups is 1. The Morgan fingerprint density at radius 3 is 2.54 bits per heavy atom. The van der Waals surface area contributed by atoms with Gasteiger partial charge >= 0.3 is 0 Å². The molecule has 0 unspecified atom stereocenters. The first-order valence-electron chi connectivity index (χ1n) is 4.18. The topological polar surface area (TPSA) is 29.1 Å². The zero-order valence-corrected chi connectivity index (χ0v) is 7.71. The van der Waals surface area contributed by atoms with Crippen molar-refractivity contribution in [2.45, 2.75) is 6.54 Å². The summed E-state index contributed by atoms with van der Waals surface area (Å²) >= 11 is 0. The van der Waals surface area contributed by atoms with Gasteiger partial charge < -0.3 is 5.32 Å². The fourth-order valence-corrected chi connectivity index (χ4v) is 1.11. The van der Waals surface area contributed by atoms with Crippen LogP contribution in [0.25, 0.3) is 0 Å². The summed E-state index contributed by atoms with van der Waals surface area (Å²) in [5.41, 5.74) is 1.86. The summed E-state index contributed by atoms with van der Waals surface area (Å²) in [5.74, 6) is -0.0315. The lowest BCUT2D eigenvalue weighted by Crippen LogP contribution is -2.05. The molecular formula is C11H13NO. The van der Waals surface area contributed by atoms with Crippen LogP contribution in [-0.2, 0) is 6.54 Å². The van der Waals surface area contributed by atoms with Crippen LogP contribution in [0.3, 0.4) is 0 Å². The van der Waals surface area contributed by atoms with E-state index in [2.05, 4.69) is 11.9 Å². The van der Waals surface area contributed by atoms with Gasteiger partial charge in [0.1, 0.15) is 0 Å². The minimum absolute atomic E-state index is 0.0315. The number of hydrogen-bond donors (Lipinski definition) is 1. The van der Waals surface area contributed by atoms with Gasteiger partial charge in [-0.1, -0.05) is 30.8 Å². The van der Waals surface area contributed by atoms with Crippen LogP contribution in [0.1, 0.15) is 15.9 Å². The first kappa shape index (κ1) is 9.68. The van der Waals surface area contributed by atoms with E-state index in [1.54, 1.807) is 0 Å². The van der Waals surface area contributed by atoms with Gasteiger partial charge in [0, 0.05) is 12.1 Å². The molecule has 2 heteroatoms. The number of nitrogens with one attached hydrogen (secondary N) is 1. The van der Waals surface area contributed by atoms with Crippen LogP contribution >= 0.6 is 0 Å². The van der Waals surface area contributed by atoms with E-state index < -0.39 is 0 Å². The molecular weight excluding hydrogens is 162 g/mol. The fourth-order valence-electron chi connectivity index (χ4n) is 1.11. The third-order valence-electron chi connectivity index (χ3n) is 1.80. The Morgan fingerprint density at radius 1 is 1.46 bits per heavy atom. The van der Waals surface area contributed by atoms with E-state index in [1.807, 2.05) is 31.3 Å². The Balaban J connectivity index is 2.80. The number of ketones is 1. The van der Waals surface area contributed by atoms with Crippen LogP contribution < -0.4 is 5.32 Å². The van der Waals surface area contributed by atoms with Gasteiger partial charge in [0.05, 0.1) is 0 Å². The lowest BCUT2D eigenvalue weighted by Gasteiger charge is -2.00. The smallest absolute Gasteiger partial charge is 0.185 e. The van der Waals surface area contributed by atoms with Crippen LogP contribution in [-0.4, -0.2) is 12.8 Å². The molecule has 0 aromatic heterocycles. The third-order valence-corrected chi connectivity index (χ3v) is 1.80. The third kappa shape index (κ3) is 2.53. The zero-order valence-electron chi connectivity index (χ0n) is 7.71. The molecule has 0 bridgehead atoms. The quantitative estimate of drug-likeness (QED) is 0.558. The fraction of sp³-hybridized carbons (Fsp3) is 0.182. The zero-order chi connectivity index (χ0) is 9.68. The van der Waals surface area contributed by atoms with E-state index >= 15 is 0 Å². The van der Waals surface area contributed by atoms with Crippen molar-refractivity contribution in [1.82, 2.24) is 5.32 Å². The molecule has 1 N–H and O–H groups in total. The average Bonchev–Trinajstić information content (AvgIpc) is 2.18. The summed E-state index contributed by atoms with van der Waals surface area (Å²) in [7, 11) is 1.89. The van der Waals surface area contributed by atoms with Gasteiger partial charge in [0.2, 0.25) is 0 Å². The van der Waals surface area contributed by atoms with E-state index in [9.17, 15) is 4.79 Å². The normalized spacial score (nSPS) is 9.62. The second kappa shape index (κ2) is 4.58. The van der Waals surface area contributed by atoms with Crippen molar-refractivity contribution in [3.8, 4) is 0 Å². The summed E-state index contributed by atoms with van der Waals surface area (Å²) in [5, 5.41) is 3.04. The second-order valence-electron chi connectivity index (χ2n) is 2.80. The molecule has 0 atom stereocenters. The highest BCUT2D eigenvalue weighted by molar-refractivity contribution is 6.04. The molecule has 0 saturated heterocycles. The number of hydrogen-bond acceptors (Lipinski definition) is 2. The Bertz CT molecular complexity index is 300. The molecule has 0 aliphatic rings. The van der Waals surface area contributed by atoms with Crippen LogP contribution in [0.15, 0.2) is 36.9 Å². The second-order valence-corrected chi connectivity index (χ2v) is 2.80. The van der Waals surface area contributed by atoms with Crippen molar-refractivity contribution >= 4 is 5.78 Å². The SMILES string of the molecule is C=CC(=O)c1ccc(CNC)cc1. The minimum atomic E-state index is -0.0315. The van der Waals surface area contributed by atoms with Gasteiger partial charge in [-0.05, 0) is 18.7 Å². The molecule has 0 saturated carbocycles.